The van der Waals surface area contributed by atoms with Gasteiger partial charge in [-0.3, -0.25) is 9.59 Å². The molecule has 0 aromatic heterocycles. The zero-order chi connectivity index (χ0) is 29.4. The summed E-state index contributed by atoms with van der Waals surface area (Å²) < 4.78 is 27.4. The average Bonchev–Trinajstić information content (AvgIpc) is 3.59. The standard InChI is InChI=1S/C17H14Cl2F2N2O.C5H10.C5H12.C3H7NO/c18-13-3-9(1-2-15(13)20)11-6-22-7-12(11)10-4-16(21)14(19)5-17(10)23-8-24;1-2-4-5-3-1;1-5(2,3)4;1-2-4-3-5/h1-5,8,11-12,22H,6-7H2,(H,23,24);1-5H2;1-4H3;3H,2H2,1H3,(H,4,5)/t11-,12+;;;/m1.../s1. The van der Waals surface area contributed by atoms with Crippen molar-refractivity contribution in [2.24, 2.45) is 5.41 Å². The van der Waals surface area contributed by atoms with Crippen LogP contribution in [-0.4, -0.2) is 32.5 Å². The normalized spacial score (nSPS) is 17.9. The molecule has 3 N–H and O–H groups in total. The Labute approximate surface area is 242 Å². The Balaban J connectivity index is 0.000000413. The lowest BCUT2D eigenvalue weighted by molar-refractivity contribution is -0.109. The Hall–Kier alpha value is -2.22. The maximum Gasteiger partial charge on any atom is 0.211 e. The first-order valence-corrected chi connectivity index (χ1v) is 14.2. The Kier molecular flexibility index (Phi) is 16.2. The molecule has 1 aliphatic carbocycles. The van der Waals surface area contributed by atoms with E-state index in [-0.39, 0.29) is 21.9 Å². The van der Waals surface area contributed by atoms with Gasteiger partial charge in [0.25, 0.3) is 0 Å². The van der Waals surface area contributed by atoms with E-state index in [1.165, 1.54) is 50.3 Å². The van der Waals surface area contributed by atoms with Crippen molar-refractivity contribution >= 4 is 41.7 Å². The first kappa shape index (κ1) is 34.8. The fourth-order valence-corrected chi connectivity index (χ4v) is 4.48. The second kappa shape index (κ2) is 18.2. The van der Waals surface area contributed by atoms with Crippen LogP contribution in [0.4, 0.5) is 14.5 Å². The predicted molar refractivity (Wildman–Crippen MR) is 159 cm³/mol. The monoisotopic (exact) mass is 585 g/mol. The fourth-order valence-electron chi connectivity index (χ4n) is 4.12. The van der Waals surface area contributed by atoms with Gasteiger partial charge in [0, 0.05) is 37.2 Å². The first-order valence-electron chi connectivity index (χ1n) is 13.4. The van der Waals surface area contributed by atoms with E-state index in [9.17, 15) is 18.4 Å². The van der Waals surface area contributed by atoms with E-state index in [1.54, 1.807) is 12.1 Å². The van der Waals surface area contributed by atoms with Crippen molar-refractivity contribution in [3.8, 4) is 0 Å². The topological polar surface area (TPSA) is 70.2 Å². The van der Waals surface area contributed by atoms with Gasteiger partial charge in [0.05, 0.1) is 10.0 Å². The molecule has 2 amide bonds. The molecule has 0 spiro atoms. The number of benzene rings is 2. The lowest BCUT2D eigenvalue weighted by atomic mass is 9.83. The third-order valence-corrected chi connectivity index (χ3v) is 6.41. The van der Waals surface area contributed by atoms with Gasteiger partial charge in [0.15, 0.2) is 0 Å². The molecule has 1 aliphatic heterocycles. The Morgan fingerprint density at radius 1 is 0.872 bits per heavy atom. The summed E-state index contributed by atoms with van der Waals surface area (Å²) in [6.07, 6.45) is 8.71. The van der Waals surface area contributed by atoms with Gasteiger partial charge in [-0.05, 0) is 47.7 Å². The van der Waals surface area contributed by atoms with Crippen molar-refractivity contribution in [3.05, 3.63) is 63.1 Å². The molecule has 0 radical (unpaired) electrons. The summed E-state index contributed by atoms with van der Waals surface area (Å²) in [6.45, 7) is 12.6. The number of nitrogens with one attached hydrogen (secondary N) is 3. The summed E-state index contributed by atoms with van der Waals surface area (Å²) in [4.78, 5) is 20.1. The molecular weight excluding hydrogens is 543 g/mol. The van der Waals surface area contributed by atoms with Crippen molar-refractivity contribution in [3.63, 3.8) is 0 Å². The molecule has 2 fully saturated rings. The molecule has 1 saturated heterocycles. The molecule has 1 saturated carbocycles. The van der Waals surface area contributed by atoms with Crippen LogP contribution in [0.3, 0.4) is 0 Å². The number of halogens is 4. The second-order valence-electron chi connectivity index (χ2n) is 11.1. The van der Waals surface area contributed by atoms with E-state index >= 15 is 0 Å². The van der Waals surface area contributed by atoms with Crippen molar-refractivity contribution in [2.75, 3.05) is 25.0 Å². The van der Waals surface area contributed by atoms with Gasteiger partial charge in [-0.15, -0.1) is 0 Å². The molecule has 2 aromatic rings. The molecule has 9 heteroatoms. The van der Waals surface area contributed by atoms with Gasteiger partial charge >= 0.3 is 0 Å². The minimum absolute atomic E-state index is 0.0316. The highest BCUT2D eigenvalue weighted by Crippen LogP contribution is 2.41. The largest absolute Gasteiger partial charge is 0.359 e. The van der Waals surface area contributed by atoms with E-state index in [4.69, 9.17) is 23.2 Å². The molecule has 5 nitrogen and oxygen atoms in total. The van der Waals surface area contributed by atoms with Crippen molar-refractivity contribution in [2.45, 2.75) is 78.6 Å². The third-order valence-electron chi connectivity index (χ3n) is 5.83. The van der Waals surface area contributed by atoms with Gasteiger partial charge in [-0.25, -0.2) is 8.78 Å². The van der Waals surface area contributed by atoms with Gasteiger partial charge < -0.3 is 16.0 Å². The molecule has 4 rings (SSSR count). The van der Waals surface area contributed by atoms with E-state index in [0.29, 0.717) is 42.6 Å². The summed E-state index contributed by atoms with van der Waals surface area (Å²) in [6, 6.07) is 7.31. The van der Waals surface area contributed by atoms with Crippen LogP contribution in [0.2, 0.25) is 10.0 Å². The SMILES string of the molecule is C1CCCC1.CC(C)(C)C.CCNC=O.O=CNc1cc(Cl)c(F)cc1[C@@H]1CNC[C@@H]1c1ccc(F)c(Cl)c1. The molecular formula is C30H43Cl2F2N3O2. The lowest BCUT2D eigenvalue weighted by Gasteiger charge is -2.22. The third kappa shape index (κ3) is 13.6. The lowest BCUT2D eigenvalue weighted by Crippen LogP contribution is -2.12. The van der Waals surface area contributed by atoms with Gasteiger partial charge in [0.1, 0.15) is 11.6 Å². The van der Waals surface area contributed by atoms with Crippen LogP contribution in [0.5, 0.6) is 0 Å². The highest BCUT2D eigenvalue weighted by molar-refractivity contribution is 6.31. The number of amides is 2. The van der Waals surface area contributed by atoms with Crippen molar-refractivity contribution in [1.29, 1.82) is 0 Å². The van der Waals surface area contributed by atoms with Gasteiger partial charge in [-0.1, -0.05) is 89.1 Å². The minimum Gasteiger partial charge on any atom is -0.359 e. The van der Waals surface area contributed by atoms with Gasteiger partial charge in [-0.2, -0.15) is 0 Å². The number of carbonyl (C=O) groups excluding carboxylic acids is 2. The molecule has 0 unspecified atom stereocenters. The van der Waals surface area contributed by atoms with E-state index in [2.05, 4.69) is 43.6 Å². The maximum absolute atomic E-state index is 14.0. The Morgan fingerprint density at radius 3 is 1.87 bits per heavy atom. The molecule has 2 aromatic carbocycles. The van der Waals surface area contributed by atoms with Crippen molar-refractivity contribution in [1.82, 2.24) is 10.6 Å². The van der Waals surface area contributed by atoms with Crippen LogP contribution < -0.4 is 16.0 Å². The van der Waals surface area contributed by atoms with Crippen LogP contribution in [0.1, 0.15) is 89.7 Å². The first-order chi connectivity index (χ1) is 18.4. The summed E-state index contributed by atoms with van der Waals surface area (Å²) in [7, 11) is 0. The average molecular weight is 587 g/mol. The number of rotatable bonds is 6. The zero-order valence-corrected chi connectivity index (χ0v) is 25.2. The summed E-state index contributed by atoms with van der Waals surface area (Å²) in [5.41, 5.74) is 2.45. The van der Waals surface area contributed by atoms with E-state index in [1.807, 2.05) is 6.92 Å². The molecule has 2 atom stereocenters. The van der Waals surface area contributed by atoms with Gasteiger partial charge in [0.2, 0.25) is 12.8 Å². The van der Waals surface area contributed by atoms with Crippen LogP contribution >= 0.6 is 23.2 Å². The maximum atomic E-state index is 14.0. The van der Waals surface area contributed by atoms with Crippen molar-refractivity contribution < 1.29 is 18.4 Å². The highest BCUT2D eigenvalue weighted by atomic mass is 35.5. The Bertz CT molecular complexity index is 1010. The molecule has 39 heavy (non-hydrogen) atoms. The Morgan fingerprint density at radius 2 is 1.41 bits per heavy atom. The van der Waals surface area contributed by atoms with Crippen LogP contribution in [0.15, 0.2) is 30.3 Å². The highest BCUT2D eigenvalue weighted by Gasteiger charge is 2.32. The zero-order valence-electron chi connectivity index (χ0n) is 23.7. The number of hydrogen-bond acceptors (Lipinski definition) is 3. The van der Waals surface area contributed by atoms with E-state index in [0.717, 1.165) is 12.1 Å². The predicted octanol–water partition coefficient (Wildman–Crippen LogP) is 8.07. The molecule has 1 heterocycles. The van der Waals surface area contributed by atoms with Crippen LogP contribution in [-0.2, 0) is 9.59 Å². The fraction of sp³-hybridized carbons (Fsp3) is 0.533. The van der Waals surface area contributed by atoms with Crippen LogP contribution in [0.25, 0.3) is 0 Å². The smallest absolute Gasteiger partial charge is 0.211 e. The molecule has 0 bridgehead atoms. The molecule has 2 aliphatic rings. The number of carbonyl (C=O) groups is 2. The number of hydrogen-bond donors (Lipinski definition) is 3. The molecule has 218 valence electrons. The summed E-state index contributed by atoms with van der Waals surface area (Å²) >= 11 is 11.7. The second-order valence-corrected chi connectivity index (χ2v) is 11.9. The van der Waals surface area contributed by atoms with E-state index < -0.39 is 11.6 Å². The summed E-state index contributed by atoms with van der Waals surface area (Å²) in [5, 5.41) is 8.24. The minimum atomic E-state index is -0.550. The summed E-state index contributed by atoms with van der Waals surface area (Å²) in [5.74, 6) is -1.17. The van der Waals surface area contributed by atoms with Crippen LogP contribution in [0, 0.1) is 17.0 Å². The number of anilines is 1. The quantitative estimate of drug-likeness (QED) is 0.300.